The van der Waals surface area contributed by atoms with Crippen LogP contribution in [0.3, 0.4) is 0 Å². The molecule has 0 aromatic heterocycles. The Kier molecular flexibility index (Phi) is 9.14. The average Bonchev–Trinajstić information content (AvgIpc) is 2.50. The molecule has 0 saturated heterocycles. The molecule has 0 spiro atoms. The van der Waals surface area contributed by atoms with E-state index < -0.39 is 0 Å². The second kappa shape index (κ2) is 10.7. The van der Waals surface area contributed by atoms with Gasteiger partial charge in [0.25, 0.3) is 0 Å². The molecule has 1 atom stereocenters. The zero-order valence-electron chi connectivity index (χ0n) is 13.5. The smallest absolute Gasteiger partial charge is 0.118 e. The summed E-state index contributed by atoms with van der Waals surface area (Å²) in [5.74, 6) is 0.940. The SMILES string of the molecule is CCCCCCCC(CCc1ccc(OC)cc1)NC. The fourth-order valence-electron chi connectivity index (χ4n) is 2.56. The van der Waals surface area contributed by atoms with Crippen LogP contribution in [0, 0.1) is 0 Å². The highest BCUT2D eigenvalue weighted by Crippen LogP contribution is 2.15. The van der Waals surface area contributed by atoms with E-state index in [4.69, 9.17) is 4.74 Å². The van der Waals surface area contributed by atoms with Gasteiger partial charge in [0, 0.05) is 6.04 Å². The quantitative estimate of drug-likeness (QED) is 0.598. The van der Waals surface area contributed by atoms with E-state index in [0.29, 0.717) is 6.04 Å². The highest BCUT2D eigenvalue weighted by molar-refractivity contribution is 5.27. The molecule has 1 aromatic carbocycles. The van der Waals surface area contributed by atoms with Crippen LogP contribution in [0.1, 0.15) is 57.4 Å². The van der Waals surface area contributed by atoms with Crippen LogP contribution in [0.5, 0.6) is 5.75 Å². The van der Waals surface area contributed by atoms with Crippen LogP contribution in [0.25, 0.3) is 0 Å². The topological polar surface area (TPSA) is 21.3 Å². The number of hydrogen-bond acceptors (Lipinski definition) is 2. The third kappa shape index (κ3) is 6.95. The number of methoxy groups -OCH3 is 1. The number of rotatable bonds is 11. The zero-order valence-corrected chi connectivity index (χ0v) is 13.5. The molecule has 114 valence electrons. The van der Waals surface area contributed by atoms with E-state index in [9.17, 15) is 0 Å². The van der Waals surface area contributed by atoms with Crippen LogP contribution >= 0.6 is 0 Å². The molecule has 0 aliphatic heterocycles. The summed E-state index contributed by atoms with van der Waals surface area (Å²) in [6, 6.07) is 9.10. The minimum Gasteiger partial charge on any atom is -0.497 e. The van der Waals surface area contributed by atoms with Crippen LogP contribution in [-0.4, -0.2) is 20.2 Å². The molecule has 0 radical (unpaired) electrons. The molecule has 0 heterocycles. The van der Waals surface area contributed by atoms with Crippen molar-refractivity contribution in [3.63, 3.8) is 0 Å². The largest absolute Gasteiger partial charge is 0.497 e. The molecule has 1 N–H and O–H groups in total. The van der Waals surface area contributed by atoms with E-state index in [0.717, 1.165) is 12.2 Å². The van der Waals surface area contributed by atoms with E-state index in [1.807, 2.05) is 0 Å². The predicted octanol–water partition coefficient (Wildman–Crippen LogP) is 4.58. The Morgan fingerprint density at radius 1 is 1.00 bits per heavy atom. The predicted molar refractivity (Wildman–Crippen MR) is 87.5 cm³/mol. The third-order valence-corrected chi connectivity index (χ3v) is 4.00. The lowest BCUT2D eigenvalue weighted by Gasteiger charge is -2.16. The van der Waals surface area contributed by atoms with Crippen molar-refractivity contribution in [2.24, 2.45) is 0 Å². The van der Waals surface area contributed by atoms with Gasteiger partial charge in [-0.2, -0.15) is 0 Å². The molecule has 2 heteroatoms. The standard InChI is InChI=1S/C18H31NO/c1-4-5-6-7-8-9-17(19-2)13-10-16-11-14-18(20-3)15-12-16/h11-12,14-15,17,19H,4-10,13H2,1-3H3. The van der Waals surface area contributed by atoms with Gasteiger partial charge in [0.1, 0.15) is 5.75 Å². The van der Waals surface area contributed by atoms with Crippen LogP contribution in [0.4, 0.5) is 0 Å². The van der Waals surface area contributed by atoms with Gasteiger partial charge in [0.2, 0.25) is 0 Å². The Bertz CT molecular complexity index is 334. The molecule has 20 heavy (non-hydrogen) atoms. The first-order chi connectivity index (χ1) is 9.80. The van der Waals surface area contributed by atoms with Crippen LogP contribution in [0.15, 0.2) is 24.3 Å². The van der Waals surface area contributed by atoms with Gasteiger partial charge >= 0.3 is 0 Å². The Morgan fingerprint density at radius 2 is 1.70 bits per heavy atom. The van der Waals surface area contributed by atoms with Crippen molar-refractivity contribution in [3.8, 4) is 5.75 Å². The first kappa shape index (κ1) is 17.0. The molecule has 2 nitrogen and oxygen atoms in total. The maximum atomic E-state index is 5.19. The molecular weight excluding hydrogens is 246 g/mol. The van der Waals surface area contributed by atoms with E-state index in [-0.39, 0.29) is 0 Å². The summed E-state index contributed by atoms with van der Waals surface area (Å²) in [5.41, 5.74) is 1.40. The lowest BCUT2D eigenvalue weighted by Crippen LogP contribution is -2.25. The molecule has 1 rings (SSSR count). The normalized spacial score (nSPS) is 12.3. The Labute approximate surface area is 124 Å². The number of aryl methyl sites for hydroxylation is 1. The van der Waals surface area contributed by atoms with Crippen molar-refractivity contribution in [3.05, 3.63) is 29.8 Å². The average molecular weight is 277 g/mol. The van der Waals surface area contributed by atoms with Crippen molar-refractivity contribution >= 4 is 0 Å². The lowest BCUT2D eigenvalue weighted by atomic mass is 10.00. The van der Waals surface area contributed by atoms with E-state index in [1.165, 1.54) is 50.5 Å². The molecule has 1 aromatic rings. The fourth-order valence-corrected chi connectivity index (χ4v) is 2.56. The van der Waals surface area contributed by atoms with Crippen molar-refractivity contribution in [1.82, 2.24) is 5.32 Å². The first-order valence-corrected chi connectivity index (χ1v) is 8.10. The minimum absolute atomic E-state index is 0.652. The van der Waals surface area contributed by atoms with Gasteiger partial charge in [0.15, 0.2) is 0 Å². The van der Waals surface area contributed by atoms with Gasteiger partial charge in [-0.05, 0) is 44.0 Å². The summed E-state index contributed by atoms with van der Waals surface area (Å²) in [5, 5.41) is 3.46. The zero-order chi connectivity index (χ0) is 14.6. The molecular formula is C18H31NO. The maximum absolute atomic E-state index is 5.19. The monoisotopic (exact) mass is 277 g/mol. The Morgan fingerprint density at radius 3 is 2.30 bits per heavy atom. The number of ether oxygens (including phenoxy) is 1. The van der Waals surface area contributed by atoms with Crippen LogP contribution < -0.4 is 10.1 Å². The van der Waals surface area contributed by atoms with Crippen LogP contribution in [0.2, 0.25) is 0 Å². The minimum atomic E-state index is 0.652. The van der Waals surface area contributed by atoms with Gasteiger partial charge in [-0.15, -0.1) is 0 Å². The van der Waals surface area contributed by atoms with Gasteiger partial charge in [-0.1, -0.05) is 51.2 Å². The van der Waals surface area contributed by atoms with Crippen molar-refractivity contribution in [2.45, 2.75) is 64.3 Å². The van der Waals surface area contributed by atoms with Crippen molar-refractivity contribution < 1.29 is 4.74 Å². The number of unbranched alkanes of at least 4 members (excludes halogenated alkanes) is 4. The summed E-state index contributed by atoms with van der Waals surface area (Å²) in [6.07, 6.45) is 10.5. The second-order valence-corrected chi connectivity index (χ2v) is 5.58. The van der Waals surface area contributed by atoms with E-state index in [1.54, 1.807) is 7.11 Å². The highest BCUT2D eigenvalue weighted by Gasteiger charge is 2.06. The molecule has 0 saturated carbocycles. The van der Waals surface area contributed by atoms with E-state index >= 15 is 0 Å². The number of benzene rings is 1. The lowest BCUT2D eigenvalue weighted by molar-refractivity contribution is 0.414. The van der Waals surface area contributed by atoms with E-state index in [2.05, 4.69) is 43.6 Å². The van der Waals surface area contributed by atoms with Gasteiger partial charge < -0.3 is 10.1 Å². The summed E-state index contributed by atoms with van der Waals surface area (Å²) < 4.78 is 5.19. The molecule has 0 bridgehead atoms. The molecule has 0 fully saturated rings. The molecule has 0 aliphatic rings. The number of hydrogen-bond donors (Lipinski definition) is 1. The summed E-state index contributed by atoms with van der Waals surface area (Å²) >= 11 is 0. The third-order valence-electron chi connectivity index (χ3n) is 4.00. The summed E-state index contributed by atoms with van der Waals surface area (Å²) in [4.78, 5) is 0. The van der Waals surface area contributed by atoms with Gasteiger partial charge in [-0.25, -0.2) is 0 Å². The van der Waals surface area contributed by atoms with Crippen LogP contribution in [-0.2, 0) is 6.42 Å². The van der Waals surface area contributed by atoms with Gasteiger partial charge in [-0.3, -0.25) is 0 Å². The second-order valence-electron chi connectivity index (χ2n) is 5.58. The molecule has 1 unspecified atom stereocenters. The van der Waals surface area contributed by atoms with Crippen molar-refractivity contribution in [1.29, 1.82) is 0 Å². The maximum Gasteiger partial charge on any atom is 0.118 e. The summed E-state index contributed by atoms with van der Waals surface area (Å²) in [6.45, 7) is 2.27. The highest BCUT2D eigenvalue weighted by atomic mass is 16.5. The summed E-state index contributed by atoms with van der Waals surface area (Å²) in [7, 11) is 3.80. The van der Waals surface area contributed by atoms with Crippen molar-refractivity contribution in [2.75, 3.05) is 14.2 Å². The Hall–Kier alpha value is -1.02. The molecule has 0 aliphatic carbocycles. The fraction of sp³-hybridized carbons (Fsp3) is 0.667. The van der Waals surface area contributed by atoms with Gasteiger partial charge in [0.05, 0.1) is 7.11 Å². The Balaban J connectivity index is 2.22. The molecule has 0 amide bonds. The first-order valence-electron chi connectivity index (χ1n) is 8.10. The number of nitrogens with one attached hydrogen (secondary N) is 1.